The molecule has 0 saturated carbocycles. The van der Waals surface area contributed by atoms with Gasteiger partial charge < -0.3 is 5.32 Å². The minimum atomic E-state index is -4.78. The summed E-state index contributed by atoms with van der Waals surface area (Å²) in [4.78, 5) is 20.9. The van der Waals surface area contributed by atoms with E-state index < -0.39 is 41.0 Å². The maximum absolute atomic E-state index is 13.7. The van der Waals surface area contributed by atoms with Crippen LogP contribution in [0.25, 0.3) is 10.9 Å². The zero-order chi connectivity index (χ0) is 24.5. The Balaban J connectivity index is 1.77. The van der Waals surface area contributed by atoms with E-state index in [0.717, 1.165) is 42.7 Å². The van der Waals surface area contributed by atoms with Crippen molar-refractivity contribution in [2.24, 2.45) is 0 Å². The second kappa shape index (κ2) is 8.77. The van der Waals surface area contributed by atoms with Gasteiger partial charge in [0.1, 0.15) is 0 Å². The molecule has 0 aliphatic heterocycles. The van der Waals surface area contributed by atoms with E-state index in [1.54, 1.807) is 24.4 Å². The van der Waals surface area contributed by atoms with Crippen molar-refractivity contribution in [3.63, 3.8) is 0 Å². The number of carbonyl (C=O) groups is 1. The van der Waals surface area contributed by atoms with Crippen molar-refractivity contribution in [1.29, 1.82) is 0 Å². The van der Waals surface area contributed by atoms with Crippen LogP contribution in [0.2, 0.25) is 0 Å². The molecule has 2 aromatic carbocycles. The molecule has 0 aliphatic carbocycles. The molecule has 0 radical (unpaired) electrons. The number of hydrogen-bond donors (Lipinski definition) is 1. The second-order valence-corrected chi connectivity index (χ2v) is 7.40. The van der Waals surface area contributed by atoms with Gasteiger partial charge in [-0.2, -0.15) is 26.3 Å². The smallest absolute Gasteiger partial charge is 0.341 e. The highest BCUT2D eigenvalue weighted by atomic mass is 19.4. The molecule has 0 spiro atoms. The van der Waals surface area contributed by atoms with Crippen LogP contribution in [0.5, 0.6) is 0 Å². The molecule has 0 unspecified atom stereocenters. The highest BCUT2D eigenvalue weighted by Gasteiger charge is 2.37. The summed E-state index contributed by atoms with van der Waals surface area (Å²) in [6, 6.07) is 10.9. The highest BCUT2D eigenvalue weighted by Crippen LogP contribution is 2.37. The molecule has 34 heavy (non-hydrogen) atoms. The van der Waals surface area contributed by atoms with Crippen LogP contribution >= 0.6 is 0 Å². The number of rotatable bonds is 4. The Hall–Kier alpha value is -3.95. The Labute approximate surface area is 189 Å². The zero-order valence-electron chi connectivity index (χ0n) is 17.2. The zero-order valence-corrected chi connectivity index (χ0v) is 17.2. The van der Waals surface area contributed by atoms with E-state index >= 15 is 0 Å². The molecule has 10 heteroatoms. The summed E-state index contributed by atoms with van der Waals surface area (Å²) < 4.78 is 80.0. The van der Waals surface area contributed by atoms with Crippen molar-refractivity contribution in [1.82, 2.24) is 15.3 Å². The molecule has 4 nitrogen and oxygen atoms in total. The molecule has 0 saturated heterocycles. The third kappa shape index (κ3) is 4.85. The number of nitrogens with one attached hydrogen (secondary N) is 1. The number of hydrogen-bond acceptors (Lipinski definition) is 3. The monoisotopic (exact) mass is 475 g/mol. The third-order valence-corrected chi connectivity index (χ3v) is 5.18. The van der Waals surface area contributed by atoms with Gasteiger partial charge >= 0.3 is 12.4 Å². The Kier molecular flexibility index (Phi) is 5.99. The lowest BCUT2D eigenvalue weighted by molar-refractivity contribution is -0.138. The van der Waals surface area contributed by atoms with Crippen molar-refractivity contribution in [2.45, 2.75) is 18.4 Å². The van der Waals surface area contributed by atoms with Crippen LogP contribution in [0.1, 0.15) is 38.7 Å². The normalized spacial score (nSPS) is 13.0. The molecule has 2 heterocycles. The van der Waals surface area contributed by atoms with Gasteiger partial charge in [0.25, 0.3) is 5.91 Å². The van der Waals surface area contributed by atoms with Gasteiger partial charge in [0.15, 0.2) is 0 Å². The third-order valence-electron chi connectivity index (χ3n) is 5.18. The largest absolute Gasteiger partial charge is 0.416 e. The van der Waals surface area contributed by atoms with Crippen molar-refractivity contribution in [3.05, 3.63) is 107 Å². The number of halogens is 6. The standard InChI is InChI=1S/C24H15F6N3O/c25-23(26,27)17-6-3-14(4-7-17)21(18-13-31-11-9-19(18)24(28,29)30)33-22(34)16-5-8-20-15(12-16)2-1-10-32-20/h1-13,21H,(H,33,34)/t21-/m0/s1. The summed E-state index contributed by atoms with van der Waals surface area (Å²) in [5.41, 5.74) is -1.63. The number of aromatic nitrogens is 2. The van der Waals surface area contributed by atoms with Gasteiger partial charge in [-0.25, -0.2) is 0 Å². The van der Waals surface area contributed by atoms with E-state index in [-0.39, 0.29) is 11.1 Å². The summed E-state index contributed by atoms with van der Waals surface area (Å²) in [5, 5.41) is 3.16. The summed E-state index contributed by atoms with van der Waals surface area (Å²) in [7, 11) is 0. The number of benzene rings is 2. The predicted octanol–water partition coefficient (Wildman–Crippen LogP) is 6.19. The maximum Gasteiger partial charge on any atom is 0.416 e. The van der Waals surface area contributed by atoms with Crippen LogP contribution in [-0.4, -0.2) is 15.9 Å². The fourth-order valence-corrected chi connectivity index (χ4v) is 3.53. The number of nitrogens with zero attached hydrogens (tertiary/aromatic N) is 2. The van der Waals surface area contributed by atoms with Crippen LogP contribution in [-0.2, 0) is 12.4 Å². The lowest BCUT2D eigenvalue weighted by atomic mass is 9.94. The first kappa shape index (κ1) is 23.2. The fraction of sp³-hybridized carbons (Fsp3) is 0.125. The molecular formula is C24H15F6N3O. The molecule has 1 N–H and O–H groups in total. The molecule has 4 aromatic rings. The lowest BCUT2D eigenvalue weighted by Gasteiger charge is -2.23. The number of alkyl halides is 6. The van der Waals surface area contributed by atoms with Crippen LogP contribution in [0, 0.1) is 0 Å². The van der Waals surface area contributed by atoms with Crippen LogP contribution in [0.15, 0.2) is 79.3 Å². The highest BCUT2D eigenvalue weighted by molar-refractivity contribution is 5.98. The summed E-state index contributed by atoms with van der Waals surface area (Å²) in [6.45, 7) is 0. The summed E-state index contributed by atoms with van der Waals surface area (Å²) in [6.07, 6.45) is -5.93. The first-order valence-electron chi connectivity index (χ1n) is 9.88. The first-order chi connectivity index (χ1) is 16.0. The van der Waals surface area contributed by atoms with Gasteiger partial charge in [0.05, 0.1) is 22.7 Å². The number of pyridine rings is 2. The molecule has 0 aliphatic rings. The Bertz CT molecular complexity index is 1330. The molecule has 1 atom stereocenters. The molecule has 0 bridgehead atoms. The van der Waals surface area contributed by atoms with Crippen molar-refractivity contribution < 1.29 is 31.1 Å². The van der Waals surface area contributed by atoms with E-state index in [0.29, 0.717) is 10.9 Å². The molecule has 2 aromatic heterocycles. The van der Waals surface area contributed by atoms with Gasteiger partial charge in [-0.05, 0) is 48.0 Å². The molecule has 1 amide bonds. The number of fused-ring (bicyclic) bond motifs is 1. The van der Waals surface area contributed by atoms with E-state index in [2.05, 4.69) is 15.3 Å². The average molecular weight is 475 g/mol. The van der Waals surface area contributed by atoms with Crippen molar-refractivity contribution in [2.75, 3.05) is 0 Å². The van der Waals surface area contributed by atoms with Gasteiger partial charge in [-0.3, -0.25) is 14.8 Å². The van der Waals surface area contributed by atoms with Crippen LogP contribution < -0.4 is 5.32 Å². The summed E-state index contributed by atoms with van der Waals surface area (Å²) in [5.74, 6) is -0.715. The quantitative estimate of drug-likeness (QED) is 0.359. The van der Waals surface area contributed by atoms with E-state index in [1.165, 1.54) is 12.1 Å². The molecular weight excluding hydrogens is 460 g/mol. The van der Waals surface area contributed by atoms with Gasteiger partial charge in [-0.1, -0.05) is 18.2 Å². The van der Waals surface area contributed by atoms with Crippen LogP contribution in [0.4, 0.5) is 26.3 Å². The van der Waals surface area contributed by atoms with Gasteiger partial charge in [-0.15, -0.1) is 0 Å². The van der Waals surface area contributed by atoms with E-state index in [4.69, 9.17) is 0 Å². The summed E-state index contributed by atoms with van der Waals surface area (Å²) >= 11 is 0. The minimum Gasteiger partial charge on any atom is -0.341 e. The van der Waals surface area contributed by atoms with E-state index in [1.807, 2.05) is 0 Å². The number of carbonyl (C=O) groups excluding carboxylic acids is 1. The van der Waals surface area contributed by atoms with Crippen molar-refractivity contribution >= 4 is 16.8 Å². The Morgan fingerprint density at radius 3 is 2.26 bits per heavy atom. The number of amides is 1. The van der Waals surface area contributed by atoms with Gasteiger partial charge in [0.2, 0.25) is 0 Å². The van der Waals surface area contributed by atoms with E-state index in [9.17, 15) is 31.1 Å². The second-order valence-electron chi connectivity index (χ2n) is 7.40. The molecule has 0 fully saturated rings. The molecule has 4 rings (SSSR count). The maximum atomic E-state index is 13.7. The average Bonchev–Trinajstić information content (AvgIpc) is 2.81. The predicted molar refractivity (Wildman–Crippen MR) is 112 cm³/mol. The Morgan fingerprint density at radius 1 is 0.853 bits per heavy atom. The molecule has 174 valence electrons. The first-order valence-corrected chi connectivity index (χ1v) is 9.88. The van der Waals surface area contributed by atoms with Crippen LogP contribution in [0.3, 0.4) is 0 Å². The lowest BCUT2D eigenvalue weighted by Crippen LogP contribution is -2.31. The fourth-order valence-electron chi connectivity index (χ4n) is 3.53. The van der Waals surface area contributed by atoms with Crippen molar-refractivity contribution in [3.8, 4) is 0 Å². The van der Waals surface area contributed by atoms with Gasteiger partial charge in [0, 0.05) is 35.1 Å². The Morgan fingerprint density at radius 2 is 1.59 bits per heavy atom. The topological polar surface area (TPSA) is 54.9 Å². The minimum absolute atomic E-state index is 0.0299. The SMILES string of the molecule is O=C(N[C@@H](c1ccc(C(F)(F)F)cc1)c1cnccc1C(F)(F)F)c1ccc2ncccc2c1.